The standard InChI is InChI=1S/C20H22N8O/c1-11-6-17(28(25-11)9-12-4-5-12)15-10-26(2)20(24-15)18-13-8-22-27(3)16(13)7-14(23-18)19(21)29/h6-8,10,12H,4-5,9H2,1-3H3,(H2,21,29). The minimum Gasteiger partial charge on any atom is -0.364 e. The van der Waals surface area contributed by atoms with E-state index in [1.807, 2.05) is 36.5 Å². The van der Waals surface area contributed by atoms with Gasteiger partial charge < -0.3 is 10.3 Å². The van der Waals surface area contributed by atoms with Crippen LogP contribution in [0, 0.1) is 12.8 Å². The molecule has 0 bridgehead atoms. The largest absolute Gasteiger partial charge is 0.364 e. The molecule has 1 fully saturated rings. The first-order valence-corrected chi connectivity index (χ1v) is 9.62. The van der Waals surface area contributed by atoms with Gasteiger partial charge in [-0.05, 0) is 37.8 Å². The minimum atomic E-state index is -0.582. The fourth-order valence-electron chi connectivity index (χ4n) is 3.69. The van der Waals surface area contributed by atoms with E-state index in [1.165, 1.54) is 12.8 Å². The quantitative estimate of drug-likeness (QED) is 0.561. The highest BCUT2D eigenvalue weighted by atomic mass is 16.1. The van der Waals surface area contributed by atoms with Crippen LogP contribution in [-0.2, 0) is 20.6 Å². The Labute approximate surface area is 167 Å². The first-order chi connectivity index (χ1) is 13.9. The average molecular weight is 390 g/mol. The summed E-state index contributed by atoms with van der Waals surface area (Å²) in [5.74, 6) is 0.778. The number of aromatic nitrogens is 7. The van der Waals surface area contributed by atoms with Crippen LogP contribution in [0.4, 0.5) is 0 Å². The molecule has 1 aliphatic rings. The Morgan fingerprint density at radius 1 is 1.24 bits per heavy atom. The van der Waals surface area contributed by atoms with Gasteiger partial charge in [0.15, 0.2) is 5.82 Å². The molecule has 1 amide bonds. The number of nitrogens with two attached hydrogens (primary N) is 1. The molecule has 1 saturated carbocycles. The van der Waals surface area contributed by atoms with Gasteiger partial charge in [0.25, 0.3) is 5.91 Å². The Kier molecular flexibility index (Phi) is 3.80. The van der Waals surface area contributed by atoms with Crippen molar-refractivity contribution in [2.75, 3.05) is 0 Å². The summed E-state index contributed by atoms with van der Waals surface area (Å²) in [6, 6.07) is 3.72. The third-order valence-electron chi connectivity index (χ3n) is 5.38. The maximum absolute atomic E-state index is 11.8. The zero-order valence-corrected chi connectivity index (χ0v) is 16.6. The van der Waals surface area contributed by atoms with E-state index >= 15 is 0 Å². The summed E-state index contributed by atoms with van der Waals surface area (Å²) in [5.41, 5.74) is 9.85. The molecule has 1 aliphatic carbocycles. The number of fused-ring (bicyclic) bond motifs is 1. The zero-order valence-electron chi connectivity index (χ0n) is 16.6. The summed E-state index contributed by atoms with van der Waals surface area (Å²) in [6.45, 7) is 2.91. The zero-order chi connectivity index (χ0) is 20.3. The van der Waals surface area contributed by atoms with E-state index in [1.54, 1.807) is 16.9 Å². The second-order valence-corrected chi connectivity index (χ2v) is 7.78. The van der Waals surface area contributed by atoms with Crippen LogP contribution in [0.1, 0.15) is 29.0 Å². The summed E-state index contributed by atoms with van der Waals surface area (Å²) < 4.78 is 5.66. The van der Waals surface area contributed by atoms with Gasteiger partial charge in [0.1, 0.15) is 17.1 Å². The van der Waals surface area contributed by atoms with Gasteiger partial charge in [0.05, 0.1) is 23.1 Å². The van der Waals surface area contributed by atoms with Gasteiger partial charge in [-0.2, -0.15) is 10.2 Å². The van der Waals surface area contributed by atoms with Crippen molar-refractivity contribution >= 4 is 16.8 Å². The van der Waals surface area contributed by atoms with Gasteiger partial charge in [-0.1, -0.05) is 0 Å². The molecule has 9 heteroatoms. The van der Waals surface area contributed by atoms with Crippen LogP contribution in [0.3, 0.4) is 0 Å². The van der Waals surface area contributed by atoms with Gasteiger partial charge in [-0.25, -0.2) is 9.97 Å². The number of rotatable bonds is 5. The Morgan fingerprint density at radius 3 is 2.76 bits per heavy atom. The van der Waals surface area contributed by atoms with E-state index in [9.17, 15) is 4.79 Å². The van der Waals surface area contributed by atoms with Crippen molar-refractivity contribution in [3.05, 3.63) is 35.9 Å². The number of hydrogen-bond donors (Lipinski definition) is 1. The second kappa shape index (κ2) is 6.26. The van der Waals surface area contributed by atoms with Crippen LogP contribution >= 0.6 is 0 Å². The molecule has 4 aromatic heterocycles. The lowest BCUT2D eigenvalue weighted by Gasteiger charge is -2.05. The molecule has 5 rings (SSSR count). The summed E-state index contributed by atoms with van der Waals surface area (Å²) >= 11 is 0. The Morgan fingerprint density at radius 2 is 2.03 bits per heavy atom. The third kappa shape index (κ3) is 2.98. The van der Waals surface area contributed by atoms with E-state index in [0.29, 0.717) is 17.4 Å². The lowest BCUT2D eigenvalue weighted by atomic mass is 10.2. The SMILES string of the molecule is Cc1cc(-c2cn(C)c(-c3nc(C(N)=O)cc4c3cnn4C)n2)n(CC2CC2)n1. The van der Waals surface area contributed by atoms with Gasteiger partial charge in [-0.15, -0.1) is 0 Å². The number of carbonyl (C=O) groups excluding carboxylic acids is 1. The molecule has 29 heavy (non-hydrogen) atoms. The molecule has 148 valence electrons. The van der Waals surface area contributed by atoms with Crippen molar-refractivity contribution in [2.24, 2.45) is 25.7 Å². The number of carbonyl (C=O) groups is 1. The lowest BCUT2D eigenvalue weighted by molar-refractivity contribution is 0.0996. The number of nitrogens with zero attached hydrogens (tertiary/aromatic N) is 7. The molecule has 0 saturated heterocycles. The molecule has 9 nitrogen and oxygen atoms in total. The Balaban J connectivity index is 1.66. The molecule has 0 aliphatic heterocycles. The van der Waals surface area contributed by atoms with Crippen molar-refractivity contribution in [2.45, 2.75) is 26.3 Å². The van der Waals surface area contributed by atoms with Gasteiger partial charge in [0.2, 0.25) is 0 Å². The summed E-state index contributed by atoms with van der Waals surface area (Å²) in [5, 5.41) is 9.77. The van der Waals surface area contributed by atoms with Crippen molar-refractivity contribution < 1.29 is 4.79 Å². The maximum Gasteiger partial charge on any atom is 0.267 e. The van der Waals surface area contributed by atoms with Crippen molar-refractivity contribution in [1.82, 2.24) is 34.1 Å². The molecular weight excluding hydrogens is 368 g/mol. The van der Waals surface area contributed by atoms with Crippen LogP contribution in [-0.4, -0.2) is 40.0 Å². The topological polar surface area (TPSA) is 109 Å². The highest BCUT2D eigenvalue weighted by Crippen LogP contribution is 2.33. The van der Waals surface area contributed by atoms with Crippen LogP contribution in [0.15, 0.2) is 24.5 Å². The number of pyridine rings is 1. The number of primary amides is 1. The highest BCUT2D eigenvalue weighted by molar-refractivity contribution is 5.99. The predicted molar refractivity (Wildman–Crippen MR) is 108 cm³/mol. The molecule has 0 aromatic carbocycles. The fourth-order valence-corrected chi connectivity index (χ4v) is 3.69. The number of hydrogen-bond acceptors (Lipinski definition) is 5. The van der Waals surface area contributed by atoms with Crippen molar-refractivity contribution in [1.29, 1.82) is 0 Å². The molecule has 0 unspecified atom stereocenters. The molecule has 2 N–H and O–H groups in total. The van der Waals surface area contributed by atoms with Crippen LogP contribution < -0.4 is 5.73 Å². The minimum absolute atomic E-state index is 0.190. The number of amides is 1. The summed E-state index contributed by atoms with van der Waals surface area (Å²) in [4.78, 5) is 21.2. The van der Waals surface area contributed by atoms with Crippen LogP contribution in [0.25, 0.3) is 33.8 Å². The second-order valence-electron chi connectivity index (χ2n) is 7.78. The third-order valence-corrected chi connectivity index (χ3v) is 5.38. The molecule has 0 radical (unpaired) electrons. The molecular formula is C20H22N8O. The van der Waals surface area contributed by atoms with E-state index in [-0.39, 0.29) is 5.69 Å². The van der Waals surface area contributed by atoms with Crippen LogP contribution in [0.2, 0.25) is 0 Å². The highest BCUT2D eigenvalue weighted by Gasteiger charge is 2.25. The lowest BCUT2D eigenvalue weighted by Crippen LogP contribution is -2.14. The van der Waals surface area contributed by atoms with E-state index < -0.39 is 5.91 Å². The first-order valence-electron chi connectivity index (χ1n) is 9.62. The van der Waals surface area contributed by atoms with Crippen LogP contribution in [0.5, 0.6) is 0 Å². The summed E-state index contributed by atoms with van der Waals surface area (Å²) in [6.07, 6.45) is 6.22. The smallest absolute Gasteiger partial charge is 0.267 e. The Bertz CT molecular complexity index is 1260. The average Bonchev–Trinajstić information content (AvgIpc) is 3.12. The van der Waals surface area contributed by atoms with E-state index in [4.69, 9.17) is 10.7 Å². The van der Waals surface area contributed by atoms with Crippen molar-refractivity contribution in [3.8, 4) is 22.9 Å². The molecule has 4 heterocycles. The van der Waals surface area contributed by atoms with Gasteiger partial charge >= 0.3 is 0 Å². The first kappa shape index (κ1) is 17.6. The molecule has 0 spiro atoms. The normalized spacial score (nSPS) is 14.0. The maximum atomic E-state index is 11.8. The molecule has 0 atom stereocenters. The van der Waals surface area contributed by atoms with E-state index in [2.05, 4.69) is 21.2 Å². The van der Waals surface area contributed by atoms with E-state index in [0.717, 1.165) is 34.5 Å². The molecule has 4 aromatic rings. The number of imidazole rings is 1. The number of aryl methyl sites for hydroxylation is 3. The monoisotopic (exact) mass is 390 g/mol. The predicted octanol–water partition coefficient (Wildman–Crippen LogP) is 2.05. The fraction of sp³-hybridized carbons (Fsp3) is 0.350. The van der Waals surface area contributed by atoms with Crippen molar-refractivity contribution in [3.63, 3.8) is 0 Å². The van der Waals surface area contributed by atoms with Gasteiger partial charge in [-0.3, -0.25) is 14.2 Å². The summed E-state index contributed by atoms with van der Waals surface area (Å²) in [7, 11) is 3.74. The van der Waals surface area contributed by atoms with Gasteiger partial charge in [0, 0.05) is 32.2 Å². The Hall–Kier alpha value is -3.49.